The number of unbranched alkanes of at least 4 members (excludes halogenated alkanes) is 1. The Hall–Kier alpha value is -1.81. The lowest BCUT2D eigenvalue weighted by Gasteiger charge is -2.25. The third kappa shape index (κ3) is 5.60. The molecule has 0 amide bonds. The van der Waals surface area contributed by atoms with Crippen LogP contribution in [0.4, 0.5) is 13.2 Å². The standard InChI is InChI=1S/C21H26F3N/c1-4-5-6-20(18-11-13-19(14-12-18)21(22,23)24)25-16(3)17-9-7-15(2)8-10-17/h7-14,16,20,25H,4-6H2,1-3H3/t16-,20?/m0/s1. The zero-order chi connectivity index (χ0) is 18.4. The van der Waals surface area contributed by atoms with Crippen LogP contribution in [-0.4, -0.2) is 0 Å². The van der Waals surface area contributed by atoms with Crippen LogP contribution in [0.1, 0.15) is 67.4 Å². The van der Waals surface area contributed by atoms with Crippen molar-refractivity contribution in [2.45, 2.75) is 58.3 Å². The second-order valence-corrected chi connectivity index (χ2v) is 6.61. The molecule has 0 heterocycles. The average Bonchev–Trinajstić information content (AvgIpc) is 2.58. The molecule has 0 aliphatic carbocycles. The van der Waals surface area contributed by atoms with Crippen LogP contribution in [0.15, 0.2) is 48.5 Å². The zero-order valence-corrected chi connectivity index (χ0v) is 15.0. The van der Waals surface area contributed by atoms with Crippen molar-refractivity contribution in [2.75, 3.05) is 0 Å². The van der Waals surface area contributed by atoms with Gasteiger partial charge in [0.1, 0.15) is 0 Å². The Morgan fingerprint density at radius 1 is 0.920 bits per heavy atom. The van der Waals surface area contributed by atoms with E-state index in [-0.39, 0.29) is 12.1 Å². The van der Waals surface area contributed by atoms with Crippen molar-refractivity contribution in [3.8, 4) is 0 Å². The van der Waals surface area contributed by atoms with Gasteiger partial charge in [0.05, 0.1) is 5.56 Å². The highest BCUT2D eigenvalue weighted by Crippen LogP contribution is 2.31. The molecule has 1 nitrogen and oxygen atoms in total. The summed E-state index contributed by atoms with van der Waals surface area (Å²) >= 11 is 0. The monoisotopic (exact) mass is 349 g/mol. The van der Waals surface area contributed by atoms with Gasteiger partial charge in [0.2, 0.25) is 0 Å². The Morgan fingerprint density at radius 3 is 2.00 bits per heavy atom. The molecule has 1 unspecified atom stereocenters. The Kier molecular flexibility index (Phi) is 6.65. The molecule has 0 saturated carbocycles. The molecule has 0 radical (unpaired) electrons. The highest BCUT2D eigenvalue weighted by atomic mass is 19.4. The largest absolute Gasteiger partial charge is 0.416 e. The number of alkyl halides is 3. The molecule has 0 aliphatic heterocycles. The lowest BCUT2D eigenvalue weighted by molar-refractivity contribution is -0.137. The van der Waals surface area contributed by atoms with Gasteiger partial charge in [0.15, 0.2) is 0 Å². The van der Waals surface area contributed by atoms with Crippen LogP contribution in [0.2, 0.25) is 0 Å². The van der Waals surface area contributed by atoms with Crippen molar-refractivity contribution >= 4 is 0 Å². The molecule has 2 aromatic rings. The molecule has 4 heteroatoms. The highest BCUT2D eigenvalue weighted by molar-refractivity contribution is 5.28. The molecule has 25 heavy (non-hydrogen) atoms. The third-order valence-corrected chi connectivity index (χ3v) is 4.52. The first kappa shape index (κ1) is 19.5. The molecule has 0 aliphatic rings. The van der Waals surface area contributed by atoms with Crippen molar-refractivity contribution in [1.82, 2.24) is 5.32 Å². The van der Waals surface area contributed by atoms with Crippen LogP contribution >= 0.6 is 0 Å². The Bertz CT molecular complexity index is 644. The van der Waals surface area contributed by atoms with Crippen LogP contribution in [0, 0.1) is 6.92 Å². The maximum absolute atomic E-state index is 12.8. The van der Waals surface area contributed by atoms with E-state index in [9.17, 15) is 13.2 Å². The fourth-order valence-corrected chi connectivity index (χ4v) is 2.91. The molecule has 0 fully saturated rings. The minimum absolute atomic E-state index is 0.0403. The lowest BCUT2D eigenvalue weighted by Crippen LogP contribution is -2.25. The summed E-state index contributed by atoms with van der Waals surface area (Å²) in [4.78, 5) is 0. The molecule has 1 N–H and O–H groups in total. The molecule has 2 rings (SSSR count). The topological polar surface area (TPSA) is 12.0 Å². The van der Waals surface area contributed by atoms with Crippen LogP contribution < -0.4 is 5.32 Å². The minimum atomic E-state index is -4.29. The van der Waals surface area contributed by atoms with Gasteiger partial charge in [-0.05, 0) is 43.5 Å². The molecule has 2 atom stereocenters. The predicted octanol–water partition coefficient (Wildman–Crippen LogP) is 6.60. The fourth-order valence-electron chi connectivity index (χ4n) is 2.91. The second-order valence-electron chi connectivity index (χ2n) is 6.61. The van der Waals surface area contributed by atoms with Crippen LogP contribution in [0.3, 0.4) is 0 Å². The molecular weight excluding hydrogens is 323 g/mol. The maximum atomic E-state index is 12.8. The van der Waals surface area contributed by atoms with E-state index in [1.807, 2.05) is 6.92 Å². The fraction of sp³-hybridized carbons (Fsp3) is 0.429. The summed E-state index contributed by atoms with van der Waals surface area (Å²) < 4.78 is 38.3. The predicted molar refractivity (Wildman–Crippen MR) is 96.4 cm³/mol. The summed E-state index contributed by atoms with van der Waals surface area (Å²) in [6.45, 7) is 6.26. The van der Waals surface area contributed by atoms with E-state index in [1.165, 1.54) is 23.3 Å². The van der Waals surface area contributed by atoms with Crippen molar-refractivity contribution in [2.24, 2.45) is 0 Å². The van der Waals surface area contributed by atoms with E-state index in [1.54, 1.807) is 12.1 Å². The Morgan fingerprint density at radius 2 is 1.48 bits per heavy atom. The van der Waals surface area contributed by atoms with Gasteiger partial charge in [-0.25, -0.2) is 0 Å². The van der Waals surface area contributed by atoms with Gasteiger partial charge in [-0.2, -0.15) is 13.2 Å². The first-order valence-electron chi connectivity index (χ1n) is 8.81. The normalized spacial score (nSPS) is 14.3. The third-order valence-electron chi connectivity index (χ3n) is 4.52. The molecule has 0 aromatic heterocycles. The summed E-state index contributed by atoms with van der Waals surface area (Å²) in [6.07, 6.45) is -1.31. The molecule has 0 saturated heterocycles. The Labute approximate surface area is 148 Å². The van der Waals surface area contributed by atoms with Gasteiger partial charge >= 0.3 is 6.18 Å². The number of hydrogen-bond acceptors (Lipinski definition) is 1. The molecule has 0 bridgehead atoms. The first-order valence-corrected chi connectivity index (χ1v) is 8.81. The van der Waals surface area contributed by atoms with Crippen LogP contribution in [0.5, 0.6) is 0 Å². The summed E-state index contributed by atoms with van der Waals surface area (Å²) in [6, 6.07) is 14.0. The molecule has 0 spiro atoms. The van der Waals surface area contributed by atoms with E-state index in [0.717, 1.165) is 24.8 Å². The molecule has 136 valence electrons. The quantitative estimate of drug-likeness (QED) is 0.594. The van der Waals surface area contributed by atoms with Gasteiger partial charge < -0.3 is 5.32 Å². The van der Waals surface area contributed by atoms with Gasteiger partial charge in [0, 0.05) is 12.1 Å². The van der Waals surface area contributed by atoms with Crippen molar-refractivity contribution < 1.29 is 13.2 Å². The number of halogens is 3. The second kappa shape index (κ2) is 8.52. The van der Waals surface area contributed by atoms with E-state index in [2.05, 4.69) is 43.4 Å². The van der Waals surface area contributed by atoms with Crippen molar-refractivity contribution in [1.29, 1.82) is 0 Å². The summed E-state index contributed by atoms with van der Waals surface area (Å²) in [5.41, 5.74) is 2.69. The van der Waals surface area contributed by atoms with E-state index in [4.69, 9.17) is 0 Å². The lowest BCUT2D eigenvalue weighted by atomic mass is 9.97. The number of aryl methyl sites for hydroxylation is 1. The van der Waals surface area contributed by atoms with Gasteiger partial charge in [-0.15, -0.1) is 0 Å². The Balaban J connectivity index is 2.16. The minimum Gasteiger partial charge on any atom is -0.303 e. The summed E-state index contributed by atoms with van der Waals surface area (Å²) in [5, 5.41) is 3.58. The maximum Gasteiger partial charge on any atom is 0.416 e. The number of rotatable bonds is 7. The summed E-state index contributed by atoms with van der Waals surface area (Å²) in [5.74, 6) is 0. The van der Waals surface area contributed by atoms with E-state index >= 15 is 0 Å². The first-order chi connectivity index (χ1) is 11.8. The van der Waals surface area contributed by atoms with E-state index in [0.29, 0.717) is 0 Å². The average molecular weight is 349 g/mol. The highest BCUT2D eigenvalue weighted by Gasteiger charge is 2.30. The summed E-state index contributed by atoms with van der Waals surface area (Å²) in [7, 11) is 0. The smallest absolute Gasteiger partial charge is 0.303 e. The molecule has 2 aromatic carbocycles. The number of benzene rings is 2. The zero-order valence-electron chi connectivity index (χ0n) is 15.0. The van der Waals surface area contributed by atoms with Crippen LogP contribution in [0.25, 0.3) is 0 Å². The van der Waals surface area contributed by atoms with Crippen molar-refractivity contribution in [3.63, 3.8) is 0 Å². The van der Waals surface area contributed by atoms with E-state index < -0.39 is 11.7 Å². The van der Waals surface area contributed by atoms with Crippen molar-refractivity contribution in [3.05, 3.63) is 70.8 Å². The SMILES string of the molecule is CCCCC(N[C@@H](C)c1ccc(C)cc1)c1ccc(C(F)(F)F)cc1. The molecular formula is C21H26F3N. The van der Waals surface area contributed by atoms with Gasteiger partial charge in [-0.3, -0.25) is 0 Å². The van der Waals surface area contributed by atoms with Gasteiger partial charge in [-0.1, -0.05) is 61.7 Å². The van der Waals surface area contributed by atoms with Crippen LogP contribution in [-0.2, 0) is 6.18 Å². The number of hydrogen-bond donors (Lipinski definition) is 1. The van der Waals surface area contributed by atoms with Gasteiger partial charge in [0.25, 0.3) is 0 Å². The number of nitrogens with one attached hydrogen (secondary N) is 1.